The Morgan fingerprint density at radius 1 is 1.12 bits per heavy atom. The summed E-state index contributed by atoms with van der Waals surface area (Å²) < 4.78 is 0. The van der Waals surface area contributed by atoms with E-state index >= 15 is 0 Å². The first-order valence-corrected chi connectivity index (χ1v) is 9.49. The Balaban J connectivity index is 1.73. The molecule has 1 N–H and O–H groups in total. The topological polar surface area (TPSA) is 52.7 Å². The second-order valence-corrected chi connectivity index (χ2v) is 7.51. The summed E-state index contributed by atoms with van der Waals surface area (Å²) in [6, 6.07) is 4.92. The monoisotopic (exact) mass is 383 g/mol. The standard InChI is InChI=1S/C18H23Cl2N3O2/c1-21-13-6-9-22(10-7-13)18(25)16-3-2-8-23(16)17(24)14-11-12(19)4-5-15(14)20/h4-5,11,13,16,21H,2-3,6-10H2,1H3. The molecule has 1 unspecified atom stereocenters. The lowest BCUT2D eigenvalue weighted by Crippen LogP contribution is -2.51. The summed E-state index contributed by atoms with van der Waals surface area (Å²) in [4.78, 5) is 29.4. The van der Waals surface area contributed by atoms with E-state index in [1.54, 1.807) is 23.1 Å². The van der Waals surface area contributed by atoms with E-state index in [0.29, 0.717) is 34.6 Å². The minimum absolute atomic E-state index is 0.0542. The molecule has 2 fully saturated rings. The van der Waals surface area contributed by atoms with Gasteiger partial charge in [0.25, 0.3) is 5.91 Å². The predicted molar refractivity (Wildman–Crippen MR) is 99.2 cm³/mol. The molecule has 1 aromatic rings. The van der Waals surface area contributed by atoms with E-state index < -0.39 is 6.04 Å². The lowest BCUT2D eigenvalue weighted by molar-refractivity contribution is -0.136. The van der Waals surface area contributed by atoms with Crippen molar-refractivity contribution >= 4 is 35.0 Å². The lowest BCUT2D eigenvalue weighted by Gasteiger charge is -2.35. The number of carbonyl (C=O) groups excluding carboxylic acids is 2. The summed E-state index contributed by atoms with van der Waals surface area (Å²) >= 11 is 12.2. The smallest absolute Gasteiger partial charge is 0.256 e. The average molecular weight is 384 g/mol. The SMILES string of the molecule is CNC1CCN(C(=O)C2CCCN2C(=O)c2cc(Cl)ccc2Cl)CC1. The van der Waals surface area contributed by atoms with Gasteiger partial charge in [-0.15, -0.1) is 0 Å². The van der Waals surface area contributed by atoms with Crippen LogP contribution in [0, 0.1) is 0 Å². The Bertz CT molecular complexity index is 660. The maximum atomic E-state index is 12.9. The van der Waals surface area contributed by atoms with Crippen LogP contribution >= 0.6 is 23.2 Å². The van der Waals surface area contributed by atoms with Crippen molar-refractivity contribution in [3.05, 3.63) is 33.8 Å². The number of benzene rings is 1. The lowest BCUT2D eigenvalue weighted by atomic mass is 10.0. The molecule has 0 aliphatic carbocycles. The molecule has 2 aliphatic rings. The minimum atomic E-state index is -0.395. The van der Waals surface area contributed by atoms with Crippen molar-refractivity contribution < 1.29 is 9.59 Å². The van der Waals surface area contributed by atoms with Gasteiger partial charge >= 0.3 is 0 Å². The summed E-state index contributed by atoms with van der Waals surface area (Å²) in [5.74, 6) is -0.160. The van der Waals surface area contributed by atoms with Crippen molar-refractivity contribution in [3.8, 4) is 0 Å². The fourth-order valence-corrected chi connectivity index (χ4v) is 4.05. The zero-order valence-electron chi connectivity index (χ0n) is 14.3. The molecule has 0 bridgehead atoms. The third-order valence-electron chi connectivity index (χ3n) is 5.17. The van der Waals surface area contributed by atoms with E-state index in [4.69, 9.17) is 23.2 Å². The molecule has 3 rings (SSSR count). The van der Waals surface area contributed by atoms with Gasteiger partial charge < -0.3 is 15.1 Å². The highest BCUT2D eigenvalue weighted by atomic mass is 35.5. The van der Waals surface area contributed by atoms with Gasteiger partial charge in [0, 0.05) is 30.7 Å². The summed E-state index contributed by atoms with van der Waals surface area (Å²) in [7, 11) is 1.95. The number of piperidine rings is 1. The van der Waals surface area contributed by atoms with Crippen LogP contribution in [0.4, 0.5) is 0 Å². The number of hydrogen-bond donors (Lipinski definition) is 1. The fraction of sp³-hybridized carbons (Fsp3) is 0.556. The molecule has 1 atom stereocenters. The van der Waals surface area contributed by atoms with Gasteiger partial charge in [-0.3, -0.25) is 9.59 Å². The molecule has 2 heterocycles. The van der Waals surface area contributed by atoms with Crippen molar-refractivity contribution in [3.63, 3.8) is 0 Å². The van der Waals surface area contributed by atoms with Crippen molar-refractivity contribution in [2.45, 2.75) is 37.8 Å². The number of halogens is 2. The number of carbonyl (C=O) groups is 2. The maximum Gasteiger partial charge on any atom is 0.256 e. The highest BCUT2D eigenvalue weighted by Gasteiger charge is 2.38. The Labute approximate surface area is 158 Å². The Morgan fingerprint density at radius 3 is 2.52 bits per heavy atom. The molecule has 5 nitrogen and oxygen atoms in total. The van der Waals surface area contributed by atoms with Crippen LogP contribution in [0.2, 0.25) is 10.0 Å². The molecule has 2 saturated heterocycles. The summed E-state index contributed by atoms with van der Waals surface area (Å²) in [5.41, 5.74) is 0.364. The van der Waals surface area contributed by atoms with Crippen LogP contribution in [0.3, 0.4) is 0 Å². The second-order valence-electron chi connectivity index (χ2n) is 6.67. The first-order valence-electron chi connectivity index (χ1n) is 8.73. The number of amides is 2. The van der Waals surface area contributed by atoms with Crippen LogP contribution in [0.5, 0.6) is 0 Å². The van der Waals surface area contributed by atoms with Crippen LogP contribution in [0.25, 0.3) is 0 Å². The Morgan fingerprint density at radius 2 is 1.84 bits per heavy atom. The van der Waals surface area contributed by atoms with Crippen LogP contribution in [0.15, 0.2) is 18.2 Å². The third-order valence-corrected chi connectivity index (χ3v) is 5.74. The van der Waals surface area contributed by atoms with E-state index in [1.165, 1.54) is 0 Å². The molecule has 1 aromatic carbocycles. The molecule has 136 valence electrons. The van der Waals surface area contributed by atoms with E-state index in [2.05, 4.69) is 5.32 Å². The van der Waals surface area contributed by atoms with Crippen molar-refractivity contribution in [2.24, 2.45) is 0 Å². The third kappa shape index (κ3) is 3.94. The number of likely N-dealkylation sites (tertiary alicyclic amines) is 2. The van der Waals surface area contributed by atoms with Crippen LogP contribution < -0.4 is 5.32 Å². The Hall–Kier alpha value is -1.30. The van der Waals surface area contributed by atoms with Crippen LogP contribution in [-0.4, -0.2) is 60.4 Å². The molecule has 0 aromatic heterocycles. The summed E-state index contributed by atoms with van der Waals surface area (Å²) in [6.45, 7) is 2.05. The van der Waals surface area contributed by atoms with Gasteiger partial charge in [-0.05, 0) is 50.9 Å². The molecular weight excluding hydrogens is 361 g/mol. The van der Waals surface area contributed by atoms with Gasteiger partial charge in [-0.2, -0.15) is 0 Å². The molecule has 2 amide bonds. The van der Waals surface area contributed by atoms with Gasteiger partial charge in [0.1, 0.15) is 6.04 Å². The normalized spacial score (nSPS) is 21.6. The quantitative estimate of drug-likeness (QED) is 0.872. The molecule has 0 spiro atoms. The molecule has 0 saturated carbocycles. The van der Waals surface area contributed by atoms with E-state index in [1.807, 2.05) is 11.9 Å². The van der Waals surface area contributed by atoms with Crippen molar-refractivity contribution in [1.29, 1.82) is 0 Å². The highest BCUT2D eigenvalue weighted by Crippen LogP contribution is 2.27. The molecular formula is C18H23Cl2N3O2. The maximum absolute atomic E-state index is 12.9. The van der Waals surface area contributed by atoms with Gasteiger partial charge in [0.2, 0.25) is 5.91 Å². The van der Waals surface area contributed by atoms with Gasteiger partial charge in [0.15, 0.2) is 0 Å². The average Bonchev–Trinajstić information content (AvgIpc) is 3.12. The number of hydrogen-bond acceptors (Lipinski definition) is 3. The number of rotatable bonds is 3. The van der Waals surface area contributed by atoms with E-state index in [-0.39, 0.29) is 11.8 Å². The van der Waals surface area contributed by atoms with Gasteiger partial charge in [0.05, 0.1) is 10.6 Å². The zero-order chi connectivity index (χ0) is 18.0. The predicted octanol–water partition coefficient (Wildman–Crippen LogP) is 2.81. The van der Waals surface area contributed by atoms with E-state index in [0.717, 1.165) is 32.4 Å². The fourth-order valence-electron chi connectivity index (χ4n) is 3.68. The minimum Gasteiger partial charge on any atom is -0.341 e. The number of nitrogens with one attached hydrogen (secondary N) is 1. The first-order chi connectivity index (χ1) is 12.0. The largest absolute Gasteiger partial charge is 0.341 e. The highest BCUT2D eigenvalue weighted by molar-refractivity contribution is 6.35. The molecule has 25 heavy (non-hydrogen) atoms. The van der Waals surface area contributed by atoms with Crippen molar-refractivity contribution in [2.75, 3.05) is 26.7 Å². The van der Waals surface area contributed by atoms with Crippen molar-refractivity contribution in [1.82, 2.24) is 15.1 Å². The Kier molecular flexibility index (Phi) is 5.87. The number of nitrogens with zero attached hydrogens (tertiary/aromatic N) is 2. The van der Waals surface area contributed by atoms with Crippen LogP contribution in [0.1, 0.15) is 36.0 Å². The molecule has 7 heteroatoms. The first kappa shape index (κ1) is 18.5. The summed E-state index contributed by atoms with van der Waals surface area (Å²) in [5, 5.41) is 4.09. The van der Waals surface area contributed by atoms with Gasteiger partial charge in [-0.25, -0.2) is 0 Å². The van der Waals surface area contributed by atoms with Gasteiger partial charge in [-0.1, -0.05) is 23.2 Å². The second kappa shape index (κ2) is 7.94. The zero-order valence-corrected chi connectivity index (χ0v) is 15.8. The molecule has 2 aliphatic heterocycles. The van der Waals surface area contributed by atoms with Crippen LogP contribution in [-0.2, 0) is 4.79 Å². The molecule has 0 radical (unpaired) electrons. The summed E-state index contributed by atoms with van der Waals surface area (Å²) in [6.07, 6.45) is 3.42. The van der Waals surface area contributed by atoms with E-state index in [9.17, 15) is 9.59 Å².